The predicted molar refractivity (Wildman–Crippen MR) is 48.3 cm³/mol. The Morgan fingerprint density at radius 3 is 2.69 bits per heavy atom. The highest BCUT2D eigenvalue weighted by Gasteiger charge is 2.48. The van der Waals surface area contributed by atoms with Crippen molar-refractivity contribution >= 4 is 0 Å². The average molecular weight is 187 g/mol. The van der Waals surface area contributed by atoms with Crippen LogP contribution in [0.3, 0.4) is 0 Å². The summed E-state index contributed by atoms with van der Waals surface area (Å²) in [5.74, 6) is 0.617. The van der Waals surface area contributed by atoms with E-state index in [1.807, 2.05) is 6.92 Å². The van der Waals surface area contributed by atoms with Gasteiger partial charge in [0.2, 0.25) is 0 Å². The molecule has 2 bridgehead atoms. The molecule has 0 aromatic carbocycles. The molecule has 2 heterocycles. The van der Waals surface area contributed by atoms with Gasteiger partial charge in [0.1, 0.15) is 6.17 Å². The summed E-state index contributed by atoms with van der Waals surface area (Å²) in [6, 6.07) is 0.0532. The molecule has 2 saturated heterocycles. The number of hydroxylamine groups is 2. The molecule has 0 aromatic heterocycles. The van der Waals surface area contributed by atoms with Gasteiger partial charge in [-0.25, -0.2) is 4.39 Å². The fourth-order valence-electron chi connectivity index (χ4n) is 3.16. The van der Waals surface area contributed by atoms with Crippen molar-refractivity contribution in [3.8, 4) is 0 Å². The van der Waals surface area contributed by atoms with Gasteiger partial charge < -0.3 is 5.21 Å². The highest BCUT2D eigenvalue weighted by molar-refractivity contribution is 4.99. The molecule has 76 valence electrons. The van der Waals surface area contributed by atoms with Gasteiger partial charge in [-0.1, -0.05) is 6.92 Å². The van der Waals surface area contributed by atoms with Crippen LogP contribution in [0.15, 0.2) is 0 Å². The number of piperidine rings is 2. The second-order valence-corrected chi connectivity index (χ2v) is 5.08. The average Bonchev–Trinajstić information content (AvgIpc) is 1.95. The molecule has 4 atom stereocenters. The van der Waals surface area contributed by atoms with Crippen LogP contribution in [-0.4, -0.2) is 28.0 Å². The van der Waals surface area contributed by atoms with Crippen molar-refractivity contribution in [3.05, 3.63) is 0 Å². The SMILES string of the molecule is CC1CC2CC(F)CC(C)(C1)N2O. The van der Waals surface area contributed by atoms with Gasteiger partial charge in [-0.3, -0.25) is 0 Å². The second-order valence-electron chi connectivity index (χ2n) is 5.08. The Morgan fingerprint density at radius 1 is 1.38 bits per heavy atom. The zero-order chi connectivity index (χ0) is 9.64. The highest BCUT2D eigenvalue weighted by atomic mass is 19.1. The quantitative estimate of drug-likeness (QED) is 0.629. The van der Waals surface area contributed by atoms with Crippen LogP contribution in [0.25, 0.3) is 0 Å². The molecule has 3 heteroatoms. The molecule has 0 aliphatic carbocycles. The van der Waals surface area contributed by atoms with E-state index >= 15 is 0 Å². The normalized spacial score (nSPS) is 52.2. The summed E-state index contributed by atoms with van der Waals surface area (Å²) in [4.78, 5) is 0. The fourth-order valence-corrected chi connectivity index (χ4v) is 3.16. The van der Waals surface area contributed by atoms with Gasteiger partial charge in [-0.2, -0.15) is 5.06 Å². The van der Waals surface area contributed by atoms with Crippen LogP contribution in [0, 0.1) is 5.92 Å². The molecular weight excluding hydrogens is 169 g/mol. The van der Waals surface area contributed by atoms with Gasteiger partial charge in [-0.15, -0.1) is 0 Å². The number of halogens is 1. The smallest absolute Gasteiger partial charge is 0.104 e. The van der Waals surface area contributed by atoms with E-state index in [0.717, 1.165) is 12.8 Å². The monoisotopic (exact) mass is 187 g/mol. The zero-order valence-electron chi connectivity index (χ0n) is 8.33. The maximum atomic E-state index is 13.3. The number of hydrogen-bond acceptors (Lipinski definition) is 2. The second kappa shape index (κ2) is 2.92. The molecular formula is C10H18FNO. The summed E-state index contributed by atoms with van der Waals surface area (Å²) in [5.41, 5.74) is -0.306. The van der Waals surface area contributed by atoms with Gasteiger partial charge >= 0.3 is 0 Å². The standard InChI is InChI=1S/C10H18FNO/c1-7-3-9-4-8(11)6-10(2,5-7)12(9)13/h7-9,13H,3-6H2,1-2H3. The Morgan fingerprint density at radius 2 is 2.08 bits per heavy atom. The van der Waals surface area contributed by atoms with Crippen molar-refractivity contribution in [1.29, 1.82) is 0 Å². The van der Waals surface area contributed by atoms with Crippen molar-refractivity contribution in [3.63, 3.8) is 0 Å². The van der Waals surface area contributed by atoms with Crippen LogP contribution in [0.4, 0.5) is 4.39 Å². The minimum atomic E-state index is -0.717. The summed E-state index contributed by atoms with van der Waals surface area (Å²) in [5, 5.41) is 11.3. The number of fused-ring (bicyclic) bond motifs is 2. The third-order valence-corrected chi connectivity index (χ3v) is 3.55. The molecule has 2 aliphatic rings. The predicted octanol–water partition coefficient (Wildman–Crippen LogP) is 2.37. The summed E-state index contributed by atoms with van der Waals surface area (Å²) in [7, 11) is 0. The zero-order valence-corrected chi connectivity index (χ0v) is 8.33. The lowest BCUT2D eigenvalue weighted by Gasteiger charge is -2.52. The van der Waals surface area contributed by atoms with E-state index in [4.69, 9.17) is 0 Å². The van der Waals surface area contributed by atoms with Crippen molar-refractivity contribution in [2.24, 2.45) is 5.92 Å². The largest absolute Gasteiger partial charge is 0.313 e. The Hall–Kier alpha value is -0.150. The molecule has 0 aromatic rings. The van der Waals surface area contributed by atoms with Crippen LogP contribution in [0.1, 0.15) is 39.5 Å². The lowest BCUT2D eigenvalue weighted by Crippen LogP contribution is -2.60. The molecule has 0 amide bonds. The summed E-state index contributed by atoms with van der Waals surface area (Å²) in [6.07, 6.45) is 2.14. The molecule has 2 rings (SSSR count). The minimum Gasteiger partial charge on any atom is -0.313 e. The molecule has 13 heavy (non-hydrogen) atoms. The summed E-state index contributed by atoms with van der Waals surface area (Å²) < 4.78 is 13.3. The maximum Gasteiger partial charge on any atom is 0.104 e. The van der Waals surface area contributed by atoms with Gasteiger partial charge in [0.05, 0.1) is 0 Å². The number of hydrogen-bond donors (Lipinski definition) is 1. The lowest BCUT2D eigenvalue weighted by molar-refractivity contribution is -0.251. The number of rotatable bonds is 0. The van der Waals surface area contributed by atoms with Crippen LogP contribution >= 0.6 is 0 Å². The molecule has 2 fully saturated rings. The Bertz CT molecular complexity index is 195. The van der Waals surface area contributed by atoms with Gasteiger partial charge in [0.15, 0.2) is 0 Å². The fraction of sp³-hybridized carbons (Fsp3) is 1.00. The van der Waals surface area contributed by atoms with Crippen LogP contribution < -0.4 is 0 Å². The first-order valence-electron chi connectivity index (χ1n) is 5.13. The Labute approximate surface area is 78.7 Å². The van der Waals surface area contributed by atoms with Gasteiger partial charge in [0, 0.05) is 11.6 Å². The van der Waals surface area contributed by atoms with E-state index < -0.39 is 6.17 Å². The Balaban J connectivity index is 2.20. The topological polar surface area (TPSA) is 23.5 Å². The first kappa shape index (κ1) is 9.41. The van der Waals surface area contributed by atoms with Crippen molar-refractivity contribution in [2.45, 2.75) is 57.3 Å². The Kier molecular flexibility index (Phi) is 2.11. The first-order valence-corrected chi connectivity index (χ1v) is 5.13. The molecule has 0 spiro atoms. The molecule has 2 nitrogen and oxygen atoms in total. The molecule has 1 N–H and O–H groups in total. The van der Waals surface area contributed by atoms with Crippen molar-refractivity contribution < 1.29 is 9.60 Å². The summed E-state index contributed by atoms with van der Waals surface area (Å²) in [6.45, 7) is 4.16. The van der Waals surface area contributed by atoms with E-state index in [2.05, 4.69) is 6.92 Å². The van der Waals surface area contributed by atoms with Crippen molar-refractivity contribution in [2.75, 3.05) is 0 Å². The van der Waals surface area contributed by atoms with Gasteiger partial charge in [0.25, 0.3) is 0 Å². The third kappa shape index (κ3) is 1.48. The summed E-state index contributed by atoms with van der Waals surface area (Å²) >= 11 is 0. The third-order valence-electron chi connectivity index (χ3n) is 3.55. The maximum absolute atomic E-state index is 13.3. The number of alkyl halides is 1. The van der Waals surface area contributed by atoms with Crippen molar-refractivity contribution in [1.82, 2.24) is 5.06 Å². The van der Waals surface area contributed by atoms with E-state index in [1.165, 1.54) is 5.06 Å². The van der Waals surface area contributed by atoms with Crippen LogP contribution in [-0.2, 0) is 0 Å². The lowest BCUT2D eigenvalue weighted by atomic mass is 9.72. The first-order chi connectivity index (χ1) is 6.01. The van der Waals surface area contributed by atoms with E-state index in [1.54, 1.807) is 0 Å². The van der Waals surface area contributed by atoms with Crippen LogP contribution in [0.2, 0.25) is 0 Å². The molecule has 4 unspecified atom stereocenters. The molecule has 0 radical (unpaired) electrons. The minimum absolute atomic E-state index is 0.0532. The molecule has 2 aliphatic heterocycles. The van der Waals surface area contributed by atoms with Gasteiger partial charge in [-0.05, 0) is 38.5 Å². The van der Waals surface area contributed by atoms with Crippen LogP contribution in [0.5, 0.6) is 0 Å². The number of nitrogens with zero attached hydrogens (tertiary/aromatic N) is 1. The molecule has 0 saturated carbocycles. The van der Waals surface area contributed by atoms with E-state index in [0.29, 0.717) is 18.8 Å². The van der Waals surface area contributed by atoms with E-state index in [-0.39, 0.29) is 11.6 Å². The van der Waals surface area contributed by atoms with E-state index in [9.17, 15) is 9.60 Å². The highest BCUT2D eigenvalue weighted by Crippen LogP contribution is 2.43.